The van der Waals surface area contributed by atoms with Gasteiger partial charge in [0, 0.05) is 12.4 Å². The monoisotopic (exact) mass is 431 g/mol. The second-order valence-corrected chi connectivity index (χ2v) is 6.35. The van der Waals surface area contributed by atoms with Crippen LogP contribution < -0.4 is 10.5 Å². The maximum atomic E-state index is 13.5. The summed E-state index contributed by atoms with van der Waals surface area (Å²) in [6.07, 6.45) is -5.30. The molecular weight excluding hydrogens is 419 g/mol. The summed E-state index contributed by atoms with van der Waals surface area (Å²) in [5.74, 6) is -0.292. The lowest BCUT2D eigenvalue weighted by Gasteiger charge is -2.21. The van der Waals surface area contributed by atoms with E-state index in [9.17, 15) is 27.9 Å². The average molecular weight is 431 g/mol. The van der Waals surface area contributed by atoms with Gasteiger partial charge in [0.1, 0.15) is 16.9 Å². The van der Waals surface area contributed by atoms with Crippen molar-refractivity contribution in [2.75, 3.05) is 11.9 Å². The number of para-hydroxylation sites is 1. The van der Waals surface area contributed by atoms with Crippen LogP contribution in [0.15, 0.2) is 58.1 Å². The number of carboxylic acid groups (broad SMARTS) is 1. The van der Waals surface area contributed by atoms with Crippen molar-refractivity contribution in [3.05, 3.63) is 64.9 Å². The summed E-state index contributed by atoms with van der Waals surface area (Å²) in [5, 5.41) is 16.7. The van der Waals surface area contributed by atoms with Crippen LogP contribution in [0.3, 0.4) is 0 Å². The lowest BCUT2D eigenvalue weighted by molar-refractivity contribution is -0.141. The molecule has 0 fully saturated rings. The molecule has 0 atom stereocenters. The Hall–Kier alpha value is -4.22. The smallest absolute Gasteiger partial charge is 0.433 e. The minimum absolute atomic E-state index is 0.0328. The second kappa shape index (κ2) is 7.23. The predicted molar refractivity (Wildman–Crippen MR) is 102 cm³/mol. The number of alkyl halides is 3. The van der Waals surface area contributed by atoms with Crippen molar-refractivity contribution in [1.82, 2.24) is 19.7 Å². The predicted octanol–water partition coefficient (Wildman–Crippen LogP) is 3.57. The Morgan fingerprint density at radius 3 is 2.45 bits per heavy atom. The zero-order valence-corrected chi connectivity index (χ0v) is 15.7. The first-order valence-corrected chi connectivity index (χ1v) is 8.65. The van der Waals surface area contributed by atoms with Gasteiger partial charge in [0.25, 0.3) is 11.4 Å². The molecule has 0 radical (unpaired) electrons. The number of hydrogen-bond acceptors (Lipinski definition) is 6. The molecule has 1 aromatic carbocycles. The molecule has 1 N–H and O–H groups in total. The zero-order valence-electron chi connectivity index (χ0n) is 15.7. The number of hydrogen-bond donors (Lipinski definition) is 1. The van der Waals surface area contributed by atoms with Crippen molar-refractivity contribution in [1.29, 1.82) is 0 Å². The molecule has 4 aromatic rings. The van der Waals surface area contributed by atoms with Gasteiger partial charge in [-0.25, -0.2) is 9.78 Å². The third-order valence-electron chi connectivity index (χ3n) is 4.50. The normalized spacial score (nSPS) is 11.6. The van der Waals surface area contributed by atoms with Gasteiger partial charge in [0.05, 0.1) is 11.4 Å². The summed E-state index contributed by atoms with van der Waals surface area (Å²) in [7, 11) is 1.14. The Balaban J connectivity index is 2.24. The number of amides is 1. The number of benzene rings is 1. The van der Waals surface area contributed by atoms with Crippen molar-refractivity contribution in [3.8, 4) is 17.1 Å². The number of nitrogens with zero attached hydrogens (tertiary/aromatic N) is 5. The fourth-order valence-corrected chi connectivity index (χ4v) is 3.14. The molecule has 12 heteroatoms. The third-order valence-corrected chi connectivity index (χ3v) is 4.50. The molecule has 4 rings (SSSR count). The Morgan fingerprint density at radius 1 is 1.16 bits per heavy atom. The molecule has 3 heterocycles. The Bertz CT molecular complexity index is 1330. The van der Waals surface area contributed by atoms with Crippen molar-refractivity contribution >= 4 is 22.8 Å². The fraction of sp³-hybridized carbons (Fsp3) is 0.105. The molecular formula is C19H12F3N5O4. The highest BCUT2D eigenvalue weighted by Crippen LogP contribution is 2.36. The first kappa shape index (κ1) is 20.1. The standard InChI is InChI=1S/C19H12F3N5O4/c1-26(18(29)30)14-11-7-8-12(19(20,21)22)24-15(11)27(10-5-3-2-4-6-10)17(28)13(14)16-25-23-9-31-16/h2-9H,1H3,(H,29,30). The van der Waals surface area contributed by atoms with Crippen molar-refractivity contribution in [2.24, 2.45) is 0 Å². The molecule has 0 saturated heterocycles. The van der Waals surface area contributed by atoms with E-state index in [0.717, 1.165) is 24.1 Å². The zero-order chi connectivity index (χ0) is 22.3. The Labute approximate surface area is 171 Å². The van der Waals surface area contributed by atoms with E-state index in [4.69, 9.17) is 4.42 Å². The highest BCUT2D eigenvalue weighted by molar-refractivity contribution is 6.04. The highest BCUT2D eigenvalue weighted by atomic mass is 19.4. The molecule has 3 aromatic heterocycles. The number of aromatic nitrogens is 4. The summed E-state index contributed by atoms with van der Waals surface area (Å²) >= 11 is 0. The SMILES string of the molecule is CN(C(=O)O)c1c(-c2nnco2)c(=O)n(-c2ccccc2)c2nc(C(F)(F)F)ccc12. The van der Waals surface area contributed by atoms with Gasteiger partial charge in [-0.15, -0.1) is 10.2 Å². The van der Waals surface area contributed by atoms with Crippen LogP contribution in [0.4, 0.5) is 23.7 Å². The molecule has 158 valence electrons. The molecule has 0 spiro atoms. The topological polar surface area (TPSA) is 114 Å². The molecule has 0 aliphatic carbocycles. The van der Waals surface area contributed by atoms with Crippen molar-refractivity contribution in [2.45, 2.75) is 6.18 Å². The van der Waals surface area contributed by atoms with E-state index in [1.807, 2.05) is 0 Å². The van der Waals surface area contributed by atoms with Crippen LogP contribution in [0.5, 0.6) is 0 Å². The van der Waals surface area contributed by atoms with Crippen LogP contribution in [0.25, 0.3) is 28.2 Å². The molecule has 0 unspecified atom stereocenters. The minimum Gasteiger partial charge on any atom is -0.465 e. The van der Waals surface area contributed by atoms with Gasteiger partial charge in [-0.1, -0.05) is 18.2 Å². The molecule has 31 heavy (non-hydrogen) atoms. The van der Waals surface area contributed by atoms with Gasteiger partial charge >= 0.3 is 12.3 Å². The molecule has 0 aliphatic heterocycles. The molecule has 0 aliphatic rings. The maximum absolute atomic E-state index is 13.5. The average Bonchev–Trinajstić information content (AvgIpc) is 3.26. The molecule has 0 saturated carbocycles. The number of pyridine rings is 2. The van der Waals surface area contributed by atoms with Gasteiger partial charge in [-0.3, -0.25) is 14.3 Å². The van der Waals surface area contributed by atoms with Crippen LogP contribution in [-0.2, 0) is 6.18 Å². The Morgan fingerprint density at radius 2 is 1.87 bits per heavy atom. The second-order valence-electron chi connectivity index (χ2n) is 6.35. The lowest BCUT2D eigenvalue weighted by atomic mass is 10.1. The maximum Gasteiger partial charge on any atom is 0.433 e. The van der Waals surface area contributed by atoms with Crippen molar-refractivity contribution < 1.29 is 27.5 Å². The van der Waals surface area contributed by atoms with Crippen LogP contribution in [0.1, 0.15) is 5.69 Å². The van der Waals surface area contributed by atoms with E-state index in [0.29, 0.717) is 11.0 Å². The van der Waals surface area contributed by atoms with E-state index in [2.05, 4.69) is 15.2 Å². The lowest BCUT2D eigenvalue weighted by Crippen LogP contribution is -2.30. The van der Waals surface area contributed by atoms with Crippen LogP contribution in [0.2, 0.25) is 0 Å². The quantitative estimate of drug-likeness (QED) is 0.527. The third kappa shape index (κ3) is 3.37. The van der Waals surface area contributed by atoms with E-state index < -0.39 is 23.5 Å². The summed E-state index contributed by atoms with van der Waals surface area (Å²) in [4.78, 5) is 29.5. The van der Waals surface area contributed by atoms with Gasteiger partial charge < -0.3 is 9.52 Å². The van der Waals surface area contributed by atoms with E-state index >= 15 is 0 Å². The van der Waals surface area contributed by atoms with Gasteiger partial charge in [0.2, 0.25) is 6.39 Å². The van der Waals surface area contributed by atoms with Crippen LogP contribution in [-0.4, -0.2) is 38.0 Å². The first-order valence-electron chi connectivity index (χ1n) is 8.65. The van der Waals surface area contributed by atoms with Crippen LogP contribution >= 0.6 is 0 Å². The molecule has 9 nitrogen and oxygen atoms in total. The summed E-state index contributed by atoms with van der Waals surface area (Å²) < 4.78 is 46.1. The first-order chi connectivity index (χ1) is 14.7. The van der Waals surface area contributed by atoms with Gasteiger partial charge in [0.15, 0.2) is 0 Å². The summed E-state index contributed by atoms with van der Waals surface area (Å²) in [6.45, 7) is 0. The molecule has 0 bridgehead atoms. The van der Waals surface area contributed by atoms with E-state index in [1.54, 1.807) is 18.2 Å². The van der Waals surface area contributed by atoms with Gasteiger partial charge in [-0.2, -0.15) is 13.2 Å². The summed E-state index contributed by atoms with van der Waals surface area (Å²) in [6, 6.07) is 9.60. The van der Waals surface area contributed by atoms with E-state index in [-0.39, 0.29) is 33.9 Å². The van der Waals surface area contributed by atoms with Crippen molar-refractivity contribution in [3.63, 3.8) is 0 Å². The summed E-state index contributed by atoms with van der Waals surface area (Å²) in [5.41, 5.74) is -2.80. The number of fused-ring (bicyclic) bond motifs is 1. The van der Waals surface area contributed by atoms with Gasteiger partial charge in [-0.05, 0) is 24.3 Å². The molecule has 1 amide bonds. The highest BCUT2D eigenvalue weighted by Gasteiger charge is 2.34. The number of rotatable bonds is 3. The number of anilines is 1. The Kier molecular flexibility index (Phi) is 4.68. The fourth-order valence-electron chi connectivity index (χ4n) is 3.14. The van der Waals surface area contributed by atoms with Crippen LogP contribution in [0, 0.1) is 0 Å². The number of carbonyl (C=O) groups is 1. The minimum atomic E-state index is -4.78. The van der Waals surface area contributed by atoms with E-state index in [1.165, 1.54) is 12.1 Å². The largest absolute Gasteiger partial charge is 0.465 e. The number of halogens is 3.